The summed E-state index contributed by atoms with van der Waals surface area (Å²) in [6.45, 7) is 13.4. The van der Waals surface area contributed by atoms with Crippen LogP contribution in [-0.2, 0) is 4.74 Å². The van der Waals surface area contributed by atoms with Gasteiger partial charge in [0.15, 0.2) is 0 Å². The molecule has 1 aromatic carbocycles. The molecule has 1 rings (SSSR count). The molecule has 1 aromatic rings. The van der Waals surface area contributed by atoms with E-state index >= 15 is 0 Å². The summed E-state index contributed by atoms with van der Waals surface area (Å²) in [6.07, 6.45) is 2.40. The van der Waals surface area contributed by atoms with E-state index in [9.17, 15) is 0 Å². The molecule has 0 N–H and O–H groups in total. The highest BCUT2D eigenvalue weighted by Crippen LogP contribution is 2.35. The summed E-state index contributed by atoms with van der Waals surface area (Å²) in [5.41, 5.74) is 1.49. The molecule has 0 spiro atoms. The average molecular weight is 248 g/mol. The summed E-state index contributed by atoms with van der Waals surface area (Å²) in [4.78, 5) is 0. The van der Waals surface area contributed by atoms with Gasteiger partial charge in [-0.25, -0.2) is 0 Å². The monoisotopic (exact) mass is 248 g/mol. The topological polar surface area (TPSA) is 9.23 Å². The third-order valence-electron chi connectivity index (χ3n) is 3.63. The average Bonchev–Trinajstić information content (AvgIpc) is 2.28. The second-order valence-corrected chi connectivity index (χ2v) is 6.62. The fourth-order valence-electron chi connectivity index (χ4n) is 2.59. The largest absolute Gasteiger partial charge is 0.368 e. The normalized spacial score (nSPS) is 14.6. The summed E-state index contributed by atoms with van der Waals surface area (Å²) in [6, 6.07) is 10.4. The van der Waals surface area contributed by atoms with Crippen molar-refractivity contribution in [3.05, 3.63) is 35.9 Å². The molecule has 0 aliphatic carbocycles. The van der Waals surface area contributed by atoms with E-state index in [-0.39, 0.29) is 11.7 Å². The third-order valence-corrected chi connectivity index (χ3v) is 3.63. The molecule has 0 aromatic heterocycles. The maximum Gasteiger partial charge on any atom is 0.0804 e. The van der Waals surface area contributed by atoms with E-state index in [1.54, 1.807) is 0 Å². The molecule has 0 heterocycles. The Bertz CT molecular complexity index is 351. The van der Waals surface area contributed by atoms with Crippen molar-refractivity contribution in [3.63, 3.8) is 0 Å². The van der Waals surface area contributed by atoms with Gasteiger partial charge in [-0.2, -0.15) is 0 Å². The second-order valence-electron chi connectivity index (χ2n) is 6.62. The number of hydrogen-bond donors (Lipinski definition) is 0. The van der Waals surface area contributed by atoms with Crippen LogP contribution in [0.1, 0.15) is 66.1 Å². The predicted octanol–water partition coefficient (Wildman–Crippen LogP) is 5.37. The van der Waals surface area contributed by atoms with Crippen molar-refractivity contribution in [3.8, 4) is 0 Å². The Morgan fingerprint density at radius 3 is 2.11 bits per heavy atom. The maximum atomic E-state index is 6.26. The molecule has 1 atom stereocenters. The van der Waals surface area contributed by atoms with E-state index < -0.39 is 0 Å². The van der Waals surface area contributed by atoms with Gasteiger partial charge < -0.3 is 4.74 Å². The van der Waals surface area contributed by atoms with Gasteiger partial charge in [0.2, 0.25) is 0 Å². The third kappa shape index (κ3) is 4.81. The molecular weight excluding hydrogens is 220 g/mol. The van der Waals surface area contributed by atoms with Gasteiger partial charge in [-0.1, -0.05) is 57.5 Å². The van der Waals surface area contributed by atoms with Gasteiger partial charge in [-0.15, -0.1) is 0 Å². The lowest BCUT2D eigenvalue weighted by Gasteiger charge is -2.36. The molecule has 0 radical (unpaired) electrons. The second kappa shape index (κ2) is 5.88. The zero-order valence-corrected chi connectivity index (χ0v) is 12.8. The Morgan fingerprint density at radius 1 is 1.06 bits per heavy atom. The molecular formula is C17H28O. The minimum atomic E-state index is -0.0885. The Balaban J connectivity index is 2.66. The molecule has 0 bridgehead atoms. The van der Waals surface area contributed by atoms with Crippen LogP contribution in [0.5, 0.6) is 0 Å². The van der Waals surface area contributed by atoms with Crippen molar-refractivity contribution < 1.29 is 4.74 Å². The lowest BCUT2D eigenvalue weighted by Crippen LogP contribution is -2.32. The number of ether oxygens (including phenoxy) is 1. The standard InChI is InChI=1S/C17H28O/c1-7-16(3,4)13-17(5,6)18-14(2)15-11-9-8-10-12-15/h8-12,14H,7,13H2,1-6H3. The smallest absolute Gasteiger partial charge is 0.0804 e. The molecule has 0 amide bonds. The van der Waals surface area contributed by atoms with Crippen molar-refractivity contribution in [2.24, 2.45) is 5.41 Å². The summed E-state index contributed by atoms with van der Waals surface area (Å²) in [5, 5.41) is 0. The van der Waals surface area contributed by atoms with Crippen LogP contribution < -0.4 is 0 Å². The van der Waals surface area contributed by atoms with Crippen molar-refractivity contribution in [1.29, 1.82) is 0 Å². The fourth-order valence-corrected chi connectivity index (χ4v) is 2.59. The number of benzene rings is 1. The molecule has 0 saturated carbocycles. The zero-order valence-electron chi connectivity index (χ0n) is 12.8. The van der Waals surface area contributed by atoms with E-state index in [0.717, 1.165) is 6.42 Å². The van der Waals surface area contributed by atoms with Gasteiger partial charge in [0.1, 0.15) is 0 Å². The highest BCUT2D eigenvalue weighted by molar-refractivity contribution is 5.17. The van der Waals surface area contributed by atoms with Gasteiger partial charge in [0.25, 0.3) is 0 Å². The quantitative estimate of drug-likeness (QED) is 0.657. The minimum Gasteiger partial charge on any atom is -0.368 e. The molecule has 102 valence electrons. The molecule has 1 heteroatoms. The van der Waals surface area contributed by atoms with Crippen LogP contribution >= 0.6 is 0 Å². The van der Waals surface area contributed by atoms with E-state index in [1.807, 2.05) is 6.07 Å². The Morgan fingerprint density at radius 2 is 1.61 bits per heavy atom. The predicted molar refractivity (Wildman–Crippen MR) is 78.7 cm³/mol. The SMILES string of the molecule is CCC(C)(C)CC(C)(C)OC(C)c1ccccc1. The summed E-state index contributed by atoms with van der Waals surface area (Å²) >= 11 is 0. The molecule has 1 unspecified atom stereocenters. The van der Waals surface area contributed by atoms with E-state index in [2.05, 4.69) is 65.8 Å². The molecule has 0 fully saturated rings. The fraction of sp³-hybridized carbons (Fsp3) is 0.647. The van der Waals surface area contributed by atoms with Crippen molar-refractivity contribution in [1.82, 2.24) is 0 Å². The zero-order chi connectivity index (χ0) is 13.8. The molecule has 0 aliphatic rings. The van der Waals surface area contributed by atoms with Gasteiger partial charge in [-0.05, 0) is 38.2 Å². The van der Waals surface area contributed by atoms with Crippen LogP contribution in [0, 0.1) is 5.41 Å². The minimum absolute atomic E-state index is 0.0885. The van der Waals surface area contributed by atoms with Crippen LogP contribution in [0.2, 0.25) is 0 Å². The maximum absolute atomic E-state index is 6.26. The van der Waals surface area contributed by atoms with Crippen LogP contribution in [0.4, 0.5) is 0 Å². The van der Waals surface area contributed by atoms with Crippen LogP contribution in [0.15, 0.2) is 30.3 Å². The molecule has 1 nitrogen and oxygen atoms in total. The van der Waals surface area contributed by atoms with Crippen LogP contribution in [0.3, 0.4) is 0 Å². The molecule has 18 heavy (non-hydrogen) atoms. The summed E-state index contributed by atoms with van der Waals surface area (Å²) < 4.78 is 6.26. The Labute approximate surface area is 113 Å². The molecule has 0 aliphatic heterocycles. The van der Waals surface area contributed by atoms with Crippen molar-refractivity contribution in [2.75, 3.05) is 0 Å². The lowest BCUT2D eigenvalue weighted by molar-refractivity contribution is -0.0877. The van der Waals surface area contributed by atoms with Gasteiger partial charge in [-0.3, -0.25) is 0 Å². The first kappa shape index (κ1) is 15.2. The lowest BCUT2D eigenvalue weighted by atomic mass is 9.79. The van der Waals surface area contributed by atoms with Crippen molar-refractivity contribution in [2.45, 2.75) is 66.1 Å². The number of rotatable bonds is 6. The molecule has 0 saturated heterocycles. The van der Waals surface area contributed by atoms with E-state index in [0.29, 0.717) is 5.41 Å². The first-order valence-corrected chi connectivity index (χ1v) is 6.98. The van der Waals surface area contributed by atoms with Gasteiger partial charge >= 0.3 is 0 Å². The summed E-state index contributed by atoms with van der Waals surface area (Å²) in [7, 11) is 0. The van der Waals surface area contributed by atoms with Crippen molar-refractivity contribution >= 4 is 0 Å². The number of hydrogen-bond acceptors (Lipinski definition) is 1. The first-order chi connectivity index (χ1) is 8.26. The summed E-state index contributed by atoms with van der Waals surface area (Å²) in [5.74, 6) is 0. The van der Waals surface area contributed by atoms with Gasteiger partial charge in [0, 0.05) is 0 Å². The Kier molecular flexibility index (Phi) is 4.98. The first-order valence-electron chi connectivity index (χ1n) is 6.98. The van der Waals surface area contributed by atoms with Crippen LogP contribution in [0.25, 0.3) is 0 Å². The Hall–Kier alpha value is -0.820. The van der Waals surface area contributed by atoms with Gasteiger partial charge in [0.05, 0.1) is 11.7 Å². The highest BCUT2D eigenvalue weighted by Gasteiger charge is 2.29. The van der Waals surface area contributed by atoms with E-state index in [1.165, 1.54) is 12.0 Å². The van der Waals surface area contributed by atoms with Crippen LogP contribution in [-0.4, -0.2) is 5.60 Å². The van der Waals surface area contributed by atoms with E-state index in [4.69, 9.17) is 4.74 Å². The highest BCUT2D eigenvalue weighted by atomic mass is 16.5.